The highest BCUT2D eigenvalue weighted by Crippen LogP contribution is 2.30. The van der Waals surface area contributed by atoms with E-state index in [9.17, 15) is 0 Å². The predicted octanol–water partition coefficient (Wildman–Crippen LogP) is 1.92. The molecule has 88 valence electrons. The number of anilines is 1. The van der Waals surface area contributed by atoms with E-state index >= 15 is 0 Å². The molecule has 0 bridgehead atoms. The molecular formula is C11H12ClN5. The molecule has 0 radical (unpaired) electrons. The van der Waals surface area contributed by atoms with Crippen LogP contribution >= 0.6 is 11.6 Å². The number of tetrazole rings is 1. The molecule has 1 aliphatic heterocycles. The maximum atomic E-state index is 6.24. The summed E-state index contributed by atoms with van der Waals surface area (Å²) in [5.74, 6) is 0. The minimum Gasteiger partial charge on any atom is -0.370 e. The average Bonchev–Trinajstić information content (AvgIpc) is 3.03. The molecule has 6 heteroatoms. The predicted molar refractivity (Wildman–Crippen MR) is 65.6 cm³/mol. The van der Waals surface area contributed by atoms with E-state index in [-0.39, 0.29) is 0 Å². The van der Waals surface area contributed by atoms with Crippen LogP contribution in [-0.2, 0) is 0 Å². The largest absolute Gasteiger partial charge is 0.370 e. The minimum atomic E-state index is 0.781. The lowest BCUT2D eigenvalue weighted by Crippen LogP contribution is -2.18. The third-order valence-corrected chi connectivity index (χ3v) is 3.31. The third-order valence-electron chi connectivity index (χ3n) is 2.99. The van der Waals surface area contributed by atoms with E-state index in [0.29, 0.717) is 0 Å². The van der Waals surface area contributed by atoms with Crippen molar-refractivity contribution in [2.24, 2.45) is 0 Å². The molecule has 0 unspecified atom stereocenters. The van der Waals surface area contributed by atoms with Gasteiger partial charge in [0.2, 0.25) is 0 Å². The van der Waals surface area contributed by atoms with E-state index in [1.165, 1.54) is 12.8 Å². The number of rotatable bonds is 2. The molecule has 1 saturated heterocycles. The molecule has 3 rings (SSSR count). The van der Waals surface area contributed by atoms with Crippen molar-refractivity contribution in [1.29, 1.82) is 0 Å². The van der Waals surface area contributed by atoms with Crippen molar-refractivity contribution in [2.45, 2.75) is 12.8 Å². The van der Waals surface area contributed by atoms with Crippen LogP contribution in [0.15, 0.2) is 24.5 Å². The highest BCUT2D eigenvalue weighted by Gasteiger charge is 2.16. The highest BCUT2D eigenvalue weighted by atomic mass is 35.5. The molecular weight excluding hydrogens is 238 g/mol. The lowest BCUT2D eigenvalue weighted by atomic mass is 10.2. The second-order valence-electron chi connectivity index (χ2n) is 4.08. The summed E-state index contributed by atoms with van der Waals surface area (Å²) in [6.07, 6.45) is 4.04. The summed E-state index contributed by atoms with van der Waals surface area (Å²) >= 11 is 6.24. The van der Waals surface area contributed by atoms with E-state index < -0.39 is 0 Å². The maximum absolute atomic E-state index is 6.24. The van der Waals surface area contributed by atoms with Gasteiger partial charge in [-0.25, -0.2) is 4.68 Å². The van der Waals surface area contributed by atoms with E-state index in [1.807, 2.05) is 18.2 Å². The zero-order valence-corrected chi connectivity index (χ0v) is 10.0. The Kier molecular flexibility index (Phi) is 2.68. The van der Waals surface area contributed by atoms with Crippen LogP contribution in [0.1, 0.15) is 12.8 Å². The zero-order valence-electron chi connectivity index (χ0n) is 9.25. The quantitative estimate of drug-likeness (QED) is 0.816. The first kappa shape index (κ1) is 10.5. The van der Waals surface area contributed by atoms with Crippen molar-refractivity contribution in [1.82, 2.24) is 20.2 Å². The van der Waals surface area contributed by atoms with Gasteiger partial charge in [0.15, 0.2) is 0 Å². The molecule has 1 aromatic heterocycles. The van der Waals surface area contributed by atoms with Crippen molar-refractivity contribution in [3.63, 3.8) is 0 Å². The molecule has 0 spiro atoms. The van der Waals surface area contributed by atoms with Gasteiger partial charge >= 0.3 is 0 Å². The van der Waals surface area contributed by atoms with E-state index in [4.69, 9.17) is 11.6 Å². The van der Waals surface area contributed by atoms with Gasteiger partial charge in [0.1, 0.15) is 6.33 Å². The summed E-state index contributed by atoms with van der Waals surface area (Å²) in [6.45, 7) is 2.14. The van der Waals surface area contributed by atoms with Crippen molar-refractivity contribution in [3.8, 4) is 5.69 Å². The monoisotopic (exact) mass is 249 g/mol. The van der Waals surface area contributed by atoms with Crippen LogP contribution in [0.25, 0.3) is 5.69 Å². The molecule has 2 heterocycles. The Balaban J connectivity index is 2.00. The Morgan fingerprint density at radius 2 is 2.00 bits per heavy atom. The first-order valence-electron chi connectivity index (χ1n) is 5.62. The van der Waals surface area contributed by atoms with E-state index in [1.54, 1.807) is 11.0 Å². The number of aromatic nitrogens is 4. The van der Waals surface area contributed by atoms with Gasteiger partial charge in [0.05, 0.1) is 16.4 Å². The second-order valence-corrected chi connectivity index (χ2v) is 4.49. The van der Waals surface area contributed by atoms with Gasteiger partial charge in [-0.2, -0.15) is 0 Å². The van der Waals surface area contributed by atoms with Crippen LogP contribution in [0.3, 0.4) is 0 Å². The van der Waals surface area contributed by atoms with Crippen LogP contribution in [0.4, 0.5) is 5.69 Å². The van der Waals surface area contributed by atoms with Crippen LogP contribution < -0.4 is 4.90 Å². The normalized spacial score (nSPS) is 15.5. The van der Waals surface area contributed by atoms with E-state index in [2.05, 4.69) is 20.4 Å². The molecule has 17 heavy (non-hydrogen) atoms. The Hall–Kier alpha value is -1.62. The number of hydrogen-bond donors (Lipinski definition) is 0. The molecule has 0 saturated carbocycles. The molecule has 1 aliphatic rings. The van der Waals surface area contributed by atoms with Crippen LogP contribution in [0.5, 0.6) is 0 Å². The Morgan fingerprint density at radius 1 is 1.18 bits per heavy atom. The summed E-state index contributed by atoms with van der Waals surface area (Å²) in [6, 6.07) is 5.84. The summed E-state index contributed by atoms with van der Waals surface area (Å²) < 4.78 is 1.63. The molecule has 0 amide bonds. The zero-order chi connectivity index (χ0) is 11.7. The van der Waals surface area contributed by atoms with Gasteiger partial charge in [0, 0.05) is 13.1 Å². The average molecular weight is 250 g/mol. The van der Waals surface area contributed by atoms with Crippen molar-refractivity contribution >= 4 is 17.3 Å². The SMILES string of the molecule is Clc1ccc(-n2cnnn2)cc1N1CCCC1. The summed E-state index contributed by atoms with van der Waals surface area (Å²) in [7, 11) is 0. The van der Waals surface area contributed by atoms with Gasteiger partial charge < -0.3 is 4.90 Å². The summed E-state index contributed by atoms with van der Waals surface area (Å²) in [5, 5.41) is 11.9. The topological polar surface area (TPSA) is 46.8 Å². The summed E-state index contributed by atoms with van der Waals surface area (Å²) in [5.41, 5.74) is 2.00. The second kappa shape index (κ2) is 4.33. The first-order chi connectivity index (χ1) is 8.34. The van der Waals surface area contributed by atoms with Gasteiger partial charge in [0.25, 0.3) is 0 Å². The lowest BCUT2D eigenvalue weighted by molar-refractivity contribution is 0.788. The Morgan fingerprint density at radius 3 is 2.71 bits per heavy atom. The number of hydrogen-bond acceptors (Lipinski definition) is 4. The van der Waals surface area contributed by atoms with Gasteiger partial charge in [-0.15, -0.1) is 5.10 Å². The Bertz CT molecular complexity index is 505. The van der Waals surface area contributed by atoms with Crippen molar-refractivity contribution < 1.29 is 0 Å². The number of nitrogens with zero attached hydrogens (tertiary/aromatic N) is 5. The number of halogens is 1. The highest BCUT2D eigenvalue weighted by molar-refractivity contribution is 6.33. The number of benzene rings is 1. The van der Waals surface area contributed by atoms with Crippen LogP contribution in [0, 0.1) is 0 Å². The smallest absolute Gasteiger partial charge is 0.143 e. The fraction of sp³-hybridized carbons (Fsp3) is 0.364. The van der Waals surface area contributed by atoms with Gasteiger partial charge in [-0.05, 0) is 41.5 Å². The van der Waals surface area contributed by atoms with Crippen LogP contribution in [-0.4, -0.2) is 33.3 Å². The first-order valence-corrected chi connectivity index (χ1v) is 6.00. The van der Waals surface area contributed by atoms with Gasteiger partial charge in [-0.3, -0.25) is 0 Å². The molecule has 0 atom stereocenters. The molecule has 1 aromatic carbocycles. The van der Waals surface area contributed by atoms with Crippen molar-refractivity contribution in [2.75, 3.05) is 18.0 Å². The maximum Gasteiger partial charge on any atom is 0.143 e. The molecule has 0 N–H and O–H groups in total. The van der Waals surface area contributed by atoms with E-state index in [0.717, 1.165) is 29.5 Å². The lowest BCUT2D eigenvalue weighted by Gasteiger charge is -2.19. The summed E-state index contributed by atoms with van der Waals surface area (Å²) in [4.78, 5) is 2.30. The molecule has 1 fully saturated rings. The molecule has 5 nitrogen and oxygen atoms in total. The third kappa shape index (κ3) is 1.98. The molecule has 0 aliphatic carbocycles. The van der Waals surface area contributed by atoms with Gasteiger partial charge in [-0.1, -0.05) is 11.6 Å². The fourth-order valence-electron chi connectivity index (χ4n) is 2.12. The standard InChI is InChI=1S/C11H12ClN5/c12-10-4-3-9(17-8-13-14-15-17)7-11(10)16-5-1-2-6-16/h3-4,7-8H,1-2,5-6H2. The molecule has 2 aromatic rings. The van der Waals surface area contributed by atoms with Crippen LogP contribution in [0.2, 0.25) is 5.02 Å². The Labute approximate surface area is 104 Å². The minimum absolute atomic E-state index is 0.781. The van der Waals surface area contributed by atoms with Crippen molar-refractivity contribution in [3.05, 3.63) is 29.5 Å². The fourth-order valence-corrected chi connectivity index (χ4v) is 2.36.